The van der Waals surface area contributed by atoms with E-state index in [0.29, 0.717) is 10.7 Å². The standard InChI is InChI=1S/C14H20N4OS/c1-17(2)7-4-8-18(3)13(19)10-5-6-11-12(9-10)20-14(15)16-11/h5-6,9H,4,7-8H2,1-3H3,(H2,15,16). The number of amides is 1. The summed E-state index contributed by atoms with van der Waals surface area (Å²) >= 11 is 1.41. The number of thiazole rings is 1. The van der Waals surface area contributed by atoms with Crippen molar-refractivity contribution in [2.45, 2.75) is 6.42 Å². The lowest BCUT2D eigenvalue weighted by atomic mass is 10.2. The Kier molecular flexibility index (Phi) is 4.57. The van der Waals surface area contributed by atoms with Gasteiger partial charge in [-0.2, -0.15) is 0 Å². The van der Waals surface area contributed by atoms with Crippen molar-refractivity contribution in [1.29, 1.82) is 0 Å². The molecule has 1 aromatic carbocycles. The van der Waals surface area contributed by atoms with Crippen molar-refractivity contribution in [1.82, 2.24) is 14.8 Å². The predicted molar refractivity (Wildman–Crippen MR) is 84.2 cm³/mol. The molecule has 0 unspecified atom stereocenters. The topological polar surface area (TPSA) is 62.5 Å². The lowest BCUT2D eigenvalue weighted by Gasteiger charge is -2.18. The van der Waals surface area contributed by atoms with Gasteiger partial charge < -0.3 is 15.5 Å². The number of nitrogens with zero attached hydrogens (tertiary/aromatic N) is 3. The number of nitrogen functional groups attached to an aromatic ring is 1. The molecular weight excluding hydrogens is 272 g/mol. The fraction of sp³-hybridized carbons (Fsp3) is 0.429. The fourth-order valence-electron chi connectivity index (χ4n) is 2.02. The number of rotatable bonds is 5. The van der Waals surface area contributed by atoms with Gasteiger partial charge in [0.05, 0.1) is 10.2 Å². The third-order valence-corrected chi connectivity index (χ3v) is 3.94. The van der Waals surface area contributed by atoms with Crippen LogP contribution in [0.4, 0.5) is 5.13 Å². The molecule has 2 rings (SSSR count). The average Bonchev–Trinajstić information content (AvgIpc) is 2.76. The maximum absolute atomic E-state index is 12.3. The molecule has 0 aliphatic carbocycles. The highest BCUT2D eigenvalue weighted by Gasteiger charge is 2.13. The van der Waals surface area contributed by atoms with Crippen molar-refractivity contribution in [2.24, 2.45) is 0 Å². The maximum atomic E-state index is 12.3. The highest BCUT2D eigenvalue weighted by Crippen LogP contribution is 2.24. The number of carbonyl (C=O) groups is 1. The second kappa shape index (κ2) is 6.19. The number of nitrogens with two attached hydrogens (primary N) is 1. The van der Waals surface area contributed by atoms with E-state index in [0.717, 1.165) is 29.7 Å². The number of hydrogen-bond donors (Lipinski definition) is 1. The lowest BCUT2D eigenvalue weighted by Crippen LogP contribution is -2.29. The summed E-state index contributed by atoms with van der Waals surface area (Å²) in [6.45, 7) is 1.72. The first kappa shape index (κ1) is 14.7. The molecule has 0 aliphatic rings. The van der Waals surface area contributed by atoms with Crippen LogP contribution in [0.1, 0.15) is 16.8 Å². The van der Waals surface area contributed by atoms with Gasteiger partial charge in [-0.3, -0.25) is 4.79 Å². The molecule has 6 heteroatoms. The summed E-state index contributed by atoms with van der Waals surface area (Å²) in [7, 11) is 5.90. The predicted octanol–water partition coefficient (Wildman–Crippen LogP) is 1.90. The minimum absolute atomic E-state index is 0.0395. The second-order valence-electron chi connectivity index (χ2n) is 5.12. The monoisotopic (exact) mass is 292 g/mol. The molecule has 20 heavy (non-hydrogen) atoms. The van der Waals surface area contributed by atoms with Crippen molar-refractivity contribution in [3.05, 3.63) is 23.8 Å². The quantitative estimate of drug-likeness (QED) is 0.914. The molecule has 1 aromatic heterocycles. The third-order valence-electron chi connectivity index (χ3n) is 3.10. The summed E-state index contributed by atoms with van der Waals surface area (Å²) in [5.41, 5.74) is 7.21. The van der Waals surface area contributed by atoms with Gasteiger partial charge in [-0.15, -0.1) is 0 Å². The molecule has 0 fully saturated rings. The molecule has 2 aromatic rings. The molecule has 5 nitrogen and oxygen atoms in total. The van der Waals surface area contributed by atoms with Crippen molar-refractivity contribution in [3.8, 4) is 0 Å². The first-order chi connectivity index (χ1) is 9.47. The van der Waals surface area contributed by atoms with E-state index >= 15 is 0 Å². The molecule has 0 bridgehead atoms. The molecule has 0 saturated carbocycles. The highest BCUT2D eigenvalue weighted by atomic mass is 32.1. The van der Waals surface area contributed by atoms with Crippen LogP contribution >= 0.6 is 11.3 Å². The zero-order valence-electron chi connectivity index (χ0n) is 12.1. The number of aromatic nitrogens is 1. The van der Waals surface area contributed by atoms with Crippen LogP contribution in [-0.4, -0.2) is 54.9 Å². The van der Waals surface area contributed by atoms with Crippen LogP contribution in [0.15, 0.2) is 18.2 Å². The molecule has 0 saturated heterocycles. The van der Waals surface area contributed by atoms with Gasteiger partial charge in [-0.25, -0.2) is 4.98 Å². The van der Waals surface area contributed by atoms with E-state index in [9.17, 15) is 4.79 Å². The van der Waals surface area contributed by atoms with Crippen molar-refractivity contribution in [2.75, 3.05) is 40.0 Å². The van der Waals surface area contributed by atoms with E-state index in [2.05, 4.69) is 9.88 Å². The van der Waals surface area contributed by atoms with E-state index in [1.807, 2.05) is 39.3 Å². The van der Waals surface area contributed by atoms with Crippen LogP contribution < -0.4 is 5.73 Å². The van der Waals surface area contributed by atoms with Crippen LogP contribution in [-0.2, 0) is 0 Å². The van der Waals surface area contributed by atoms with Crippen molar-refractivity contribution >= 4 is 32.6 Å². The number of anilines is 1. The molecule has 0 atom stereocenters. The van der Waals surface area contributed by atoms with Gasteiger partial charge in [0, 0.05) is 19.2 Å². The molecule has 0 radical (unpaired) electrons. The van der Waals surface area contributed by atoms with E-state index in [-0.39, 0.29) is 5.91 Å². The van der Waals surface area contributed by atoms with Crippen LogP contribution in [0, 0.1) is 0 Å². The van der Waals surface area contributed by atoms with Crippen LogP contribution in [0.25, 0.3) is 10.2 Å². The van der Waals surface area contributed by atoms with Gasteiger partial charge in [0.15, 0.2) is 5.13 Å². The largest absolute Gasteiger partial charge is 0.375 e. The Hall–Kier alpha value is -1.66. The van der Waals surface area contributed by atoms with Gasteiger partial charge in [0.1, 0.15) is 0 Å². The minimum Gasteiger partial charge on any atom is -0.375 e. The SMILES string of the molecule is CN(C)CCCN(C)C(=O)c1ccc2nc(N)sc2c1. The zero-order valence-corrected chi connectivity index (χ0v) is 12.9. The second-order valence-corrected chi connectivity index (χ2v) is 6.18. The first-order valence-corrected chi connectivity index (χ1v) is 7.35. The summed E-state index contributed by atoms with van der Waals surface area (Å²) in [4.78, 5) is 20.4. The van der Waals surface area contributed by atoms with E-state index in [1.54, 1.807) is 4.90 Å². The first-order valence-electron chi connectivity index (χ1n) is 6.53. The van der Waals surface area contributed by atoms with Gasteiger partial charge in [0.25, 0.3) is 5.91 Å². The molecule has 0 aliphatic heterocycles. The third kappa shape index (κ3) is 3.46. The molecular formula is C14H20N4OS. The Morgan fingerprint density at radius 1 is 1.30 bits per heavy atom. The summed E-state index contributed by atoms with van der Waals surface area (Å²) < 4.78 is 0.954. The number of fused-ring (bicyclic) bond motifs is 1. The van der Waals surface area contributed by atoms with Gasteiger partial charge >= 0.3 is 0 Å². The van der Waals surface area contributed by atoms with E-state index < -0.39 is 0 Å². The van der Waals surface area contributed by atoms with E-state index in [1.165, 1.54) is 11.3 Å². The lowest BCUT2D eigenvalue weighted by molar-refractivity contribution is 0.0791. The normalized spacial score (nSPS) is 11.2. The average molecular weight is 292 g/mol. The Bertz CT molecular complexity index is 608. The molecule has 0 spiro atoms. The Morgan fingerprint density at radius 3 is 2.75 bits per heavy atom. The Balaban J connectivity index is 2.06. The Morgan fingerprint density at radius 2 is 2.05 bits per heavy atom. The number of hydrogen-bond acceptors (Lipinski definition) is 5. The van der Waals surface area contributed by atoms with Crippen LogP contribution in [0.3, 0.4) is 0 Å². The fourth-order valence-corrected chi connectivity index (χ4v) is 2.79. The van der Waals surface area contributed by atoms with Crippen LogP contribution in [0.5, 0.6) is 0 Å². The minimum atomic E-state index is 0.0395. The van der Waals surface area contributed by atoms with Gasteiger partial charge in [-0.1, -0.05) is 11.3 Å². The smallest absolute Gasteiger partial charge is 0.253 e. The van der Waals surface area contributed by atoms with Crippen molar-refractivity contribution in [3.63, 3.8) is 0 Å². The molecule has 2 N–H and O–H groups in total. The van der Waals surface area contributed by atoms with E-state index in [4.69, 9.17) is 5.73 Å². The van der Waals surface area contributed by atoms with Gasteiger partial charge in [-0.05, 0) is 45.3 Å². The number of benzene rings is 1. The zero-order chi connectivity index (χ0) is 14.7. The molecule has 108 valence electrons. The van der Waals surface area contributed by atoms with Crippen molar-refractivity contribution < 1.29 is 4.79 Å². The Labute approximate surface area is 123 Å². The summed E-state index contributed by atoms with van der Waals surface area (Å²) in [6.07, 6.45) is 0.963. The highest BCUT2D eigenvalue weighted by molar-refractivity contribution is 7.22. The summed E-state index contributed by atoms with van der Waals surface area (Å²) in [5, 5.41) is 0.531. The summed E-state index contributed by atoms with van der Waals surface area (Å²) in [6, 6.07) is 5.53. The van der Waals surface area contributed by atoms with Crippen LogP contribution in [0.2, 0.25) is 0 Å². The molecule has 1 heterocycles. The number of carbonyl (C=O) groups excluding carboxylic acids is 1. The molecule has 1 amide bonds. The van der Waals surface area contributed by atoms with Gasteiger partial charge in [0.2, 0.25) is 0 Å². The maximum Gasteiger partial charge on any atom is 0.253 e. The summed E-state index contributed by atoms with van der Waals surface area (Å²) in [5.74, 6) is 0.0395.